The van der Waals surface area contributed by atoms with E-state index in [4.69, 9.17) is 21.1 Å². The lowest BCUT2D eigenvalue weighted by atomic mass is 9.94. The van der Waals surface area contributed by atoms with Crippen LogP contribution in [0.2, 0.25) is 0 Å². The highest BCUT2D eigenvalue weighted by Crippen LogP contribution is 2.50. The van der Waals surface area contributed by atoms with E-state index in [9.17, 15) is 25.5 Å². The van der Waals surface area contributed by atoms with Gasteiger partial charge in [0.15, 0.2) is 22.8 Å². The average molecular weight is 425 g/mol. The number of rotatable bonds is 3. The van der Waals surface area contributed by atoms with Crippen LogP contribution >= 0.6 is 27.5 Å². The first-order valence-corrected chi connectivity index (χ1v) is 8.06. The molecule has 0 saturated carbocycles. The number of halogens is 2. The van der Waals surface area contributed by atoms with Crippen LogP contribution in [0.3, 0.4) is 0 Å². The first kappa shape index (κ1) is 17.9. The topological polar surface area (TPSA) is 135 Å². The molecule has 1 aromatic carbocycles. The first-order chi connectivity index (χ1) is 11.1. The molecule has 2 heterocycles. The molecular formula is C14H15BrClNO7. The van der Waals surface area contributed by atoms with Gasteiger partial charge >= 0.3 is 0 Å². The minimum atomic E-state index is -2.92. The largest absolute Gasteiger partial charge is 0.439 e. The predicted octanol–water partition coefficient (Wildman–Crippen LogP) is -0.0443. The summed E-state index contributed by atoms with van der Waals surface area (Å²) < 4.78 is 8.00. The van der Waals surface area contributed by atoms with E-state index in [2.05, 4.69) is 20.9 Å². The van der Waals surface area contributed by atoms with Gasteiger partial charge in [0.05, 0.1) is 6.61 Å². The van der Waals surface area contributed by atoms with Crippen molar-refractivity contribution in [3.8, 4) is 5.88 Å². The molecule has 0 spiro atoms. The molecule has 24 heavy (non-hydrogen) atoms. The van der Waals surface area contributed by atoms with Gasteiger partial charge in [-0.1, -0.05) is 29.8 Å². The Kier molecular flexibility index (Phi) is 4.34. The van der Waals surface area contributed by atoms with Crippen LogP contribution in [0.25, 0.3) is 10.9 Å². The monoisotopic (exact) mass is 423 g/mol. The van der Waals surface area contributed by atoms with Gasteiger partial charge in [0.2, 0.25) is 5.06 Å². The maximum atomic E-state index is 10.7. The maximum absolute atomic E-state index is 10.7. The van der Waals surface area contributed by atoms with Gasteiger partial charge in [0.1, 0.15) is 0 Å². The fraction of sp³-hybridized carbons (Fsp3) is 0.429. The number of para-hydroxylation sites is 1. The van der Waals surface area contributed by atoms with Gasteiger partial charge in [-0.25, -0.2) is 0 Å². The lowest BCUT2D eigenvalue weighted by Crippen LogP contribution is -2.78. The Morgan fingerprint density at radius 2 is 1.96 bits per heavy atom. The van der Waals surface area contributed by atoms with Crippen molar-refractivity contribution in [3.63, 3.8) is 0 Å². The van der Waals surface area contributed by atoms with E-state index in [0.717, 1.165) is 5.39 Å². The minimum Gasteiger partial charge on any atom is -0.439 e. The lowest BCUT2D eigenvalue weighted by molar-refractivity contribution is -0.392. The molecule has 2 aromatic rings. The highest BCUT2D eigenvalue weighted by Gasteiger charge is 2.73. The summed E-state index contributed by atoms with van der Waals surface area (Å²) in [4.78, 5) is 2.82. The van der Waals surface area contributed by atoms with Gasteiger partial charge in [-0.15, -0.1) is 0 Å². The second-order valence-corrected chi connectivity index (χ2v) is 7.31. The Balaban J connectivity index is 2.04. The summed E-state index contributed by atoms with van der Waals surface area (Å²) in [5.74, 6) is -2.95. The van der Waals surface area contributed by atoms with Crippen molar-refractivity contribution in [1.82, 2.24) is 4.98 Å². The van der Waals surface area contributed by atoms with Crippen molar-refractivity contribution >= 4 is 38.4 Å². The highest BCUT2D eigenvalue weighted by atomic mass is 79.9. The first-order valence-electron chi connectivity index (χ1n) is 6.89. The number of H-pyrrole nitrogens is 1. The summed E-state index contributed by atoms with van der Waals surface area (Å²) >= 11 is 8.79. The number of aliphatic hydroxyl groups excluding tert-OH is 3. The number of aliphatic hydroxyl groups is 5. The van der Waals surface area contributed by atoms with Gasteiger partial charge in [-0.3, -0.25) is 0 Å². The van der Waals surface area contributed by atoms with Crippen molar-refractivity contribution in [2.24, 2.45) is 0 Å². The molecule has 0 radical (unpaired) electrons. The zero-order valence-corrected chi connectivity index (χ0v) is 14.4. The van der Waals surface area contributed by atoms with E-state index in [1.165, 1.54) is 6.07 Å². The molecule has 0 amide bonds. The van der Waals surface area contributed by atoms with Crippen LogP contribution < -0.4 is 4.74 Å². The number of ether oxygens (including phenoxy) is 2. The molecule has 3 rings (SSSR count). The fourth-order valence-electron chi connectivity index (χ4n) is 2.53. The Labute approximate surface area is 149 Å². The van der Waals surface area contributed by atoms with Crippen LogP contribution in [0.5, 0.6) is 5.88 Å². The van der Waals surface area contributed by atoms with Gasteiger partial charge < -0.3 is 40.0 Å². The van der Waals surface area contributed by atoms with E-state index >= 15 is 0 Å². The number of alkyl halides is 2. The Morgan fingerprint density at radius 1 is 1.29 bits per heavy atom. The lowest BCUT2D eigenvalue weighted by Gasteiger charge is -2.53. The minimum absolute atomic E-state index is 0.0290. The molecule has 5 atom stereocenters. The van der Waals surface area contributed by atoms with Crippen LogP contribution in [0.1, 0.15) is 0 Å². The summed E-state index contributed by atoms with van der Waals surface area (Å²) in [5, 5.41) is 48.4. The predicted molar refractivity (Wildman–Crippen MR) is 86.5 cm³/mol. The third-order valence-electron chi connectivity index (χ3n) is 3.92. The molecule has 8 nitrogen and oxygen atoms in total. The fourth-order valence-corrected chi connectivity index (χ4v) is 3.26. The molecule has 0 bridgehead atoms. The molecule has 132 valence electrons. The number of hydrogen-bond acceptors (Lipinski definition) is 7. The summed E-state index contributed by atoms with van der Waals surface area (Å²) in [7, 11) is 0. The van der Waals surface area contributed by atoms with E-state index in [-0.39, 0.29) is 5.88 Å². The summed E-state index contributed by atoms with van der Waals surface area (Å²) in [6.45, 7) is -0.935. The molecular weight excluding hydrogens is 410 g/mol. The number of aromatic amines is 1. The van der Waals surface area contributed by atoms with Crippen molar-refractivity contribution in [2.45, 2.75) is 27.8 Å². The molecule has 10 heteroatoms. The second kappa shape index (κ2) is 5.82. The van der Waals surface area contributed by atoms with Crippen LogP contribution in [0.15, 0.2) is 30.3 Å². The van der Waals surface area contributed by atoms with Gasteiger partial charge in [0.25, 0.3) is 5.79 Å². The van der Waals surface area contributed by atoms with E-state index < -0.39 is 34.4 Å². The molecule has 1 aliphatic heterocycles. The third-order valence-corrected chi connectivity index (χ3v) is 5.74. The number of nitrogens with one attached hydrogen (secondary N) is 1. The van der Waals surface area contributed by atoms with Crippen molar-refractivity contribution in [1.29, 1.82) is 0 Å². The zero-order chi connectivity index (χ0) is 17.8. The standard InChI is InChI=1S/C14H15BrClNO7/c15-12(6-18)14(16,22)13(21,10(19)11(20)24-12)23-9-5-7-3-1-2-4-8(7)17-9/h1-5,10-11,17-22H,6H2/t10-,11-,12+,13-,14-/m0/s1. The molecule has 1 aromatic heterocycles. The van der Waals surface area contributed by atoms with Gasteiger partial charge in [0, 0.05) is 17.0 Å². The highest BCUT2D eigenvalue weighted by molar-refractivity contribution is 9.10. The van der Waals surface area contributed by atoms with Crippen molar-refractivity contribution in [3.05, 3.63) is 30.3 Å². The van der Waals surface area contributed by atoms with E-state index in [0.29, 0.717) is 5.52 Å². The van der Waals surface area contributed by atoms with Crippen molar-refractivity contribution < 1.29 is 35.0 Å². The third kappa shape index (κ3) is 2.44. The average Bonchev–Trinajstić information content (AvgIpc) is 2.94. The van der Waals surface area contributed by atoms with Gasteiger partial charge in [-0.2, -0.15) is 0 Å². The smallest absolute Gasteiger partial charge is 0.288 e. The second-order valence-electron chi connectivity index (χ2n) is 5.48. The Bertz CT molecular complexity index is 723. The molecule has 0 aliphatic carbocycles. The quantitative estimate of drug-likeness (QED) is 0.300. The number of aromatic nitrogens is 1. The Morgan fingerprint density at radius 3 is 2.58 bits per heavy atom. The summed E-state index contributed by atoms with van der Waals surface area (Å²) in [6, 6.07) is 8.58. The maximum Gasteiger partial charge on any atom is 0.288 e. The van der Waals surface area contributed by atoms with Gasteiger partial charge in [-0.05, 0) is 22.0 Å². The number of hydrogen-bond donors (Lipinski definition) is 6. The summed E-state index contributed by atoms with van der Waals surface area (Å²) in [5.41, 5.74) is 0.670. The zero-order valence-electron chi connectivity index (χ0n) is 12.1. The molecule has 6 N–H and O–H groups in total. The van der Waals surface area contributed by atoms with E-state index in [1.54, 1.807) is 24.3 Å². The van der Waals surface area contributed by atoms with E-state index in [1.807, 2.05) is 0 Å². The number of benzene rings is 1. The number of fused-ring (bicyclic) bond motifs is 1. The SMILES string of the molecule is OC[C@@]1(Br)O[C@H](O)[C@H](O)[C@](O)(Oc2cc3ccccc3[nH]2)[C@]1(O)Cl. The van der Waals surface area contributed by atoms with Crippen LogP contribution in [0, 0.1) is 0 Å². The van der Waals surface area contributed by atoms with Crippen LogP contribution in [-0.2, 0) is 4.74 Å². The summed E-state index contributed by atoms with van der Waals surface area (Å²) in [6.07, 6.45) is -4.13. The molecule has 1 aliphatic rings. The molecule has 1 fully saturated rings. The Hall–Kier alpha value is -0.910. The van der Waals surface area contributed by atoms with Crippen molar-refractivity contribution in [2.75, 3.05) is 6.61 Å². The van der Waals surface area contributed by atoms with Crippen LogP contribution in [0.4, 0.5) is 0 Å². The normalized spacial score (nSPS) is 40.0. The molecule has 1 saturated heterocycles. The molecule has 0 unspecified atom stereocenters. The van der Waals surface area contributed by atoms with Crippen LogP contribution in [-0.4, -0.2) is 64.9 Å².